The fourth-order valence-corrected chi connectivity index (χ4v) is 4.73. The highest BCUT2D eigenvalue weighted by atomic mass is 35.5. The Balaban J connectivity index is 1.73. The lowest BCUT2D eigenvalue weighted by Crippen LogP contribution is -2.26. The van der Waals surface area contributed by atoms with E-state index < -0.39 is 5.25 Å². The molecular formula is C24H18Cl3N3O2S. The molecule has 0 saturated heterocycles. The monoisotopic (exact) mass is 517 g/mol. The molecular weight excluding hydrogens is 501 g/mol. The third kappa shape index (κ3) is 5.04. The number of thioether (sulfide) groups is 1. The highest BCUT2D eigenvalue weighted by Gasteiger charge is 2.21. The molecule has 5 nitrogen and oxygen atoms in total. The van der Waals surface area contributed by atoms with Gasteiger partial charge in [0.2, 0.25) is 5.91 Å². The average molecular weight is 519 g/mol. The maximum Gasteiger partial charge on any atom is 0.266 e. The molecule has 1 amide bonds. The first kappa shape index (κ1) is 23.6. The Morgan fingerprint density at radius 2 is 1.79 bits per heavy atom. The van der Waals surface area contributed by atoms with Gasteiger partial charge in [0, 0.05) is 10.0 Å². The van der Waals surface area contributed by atoms with Crippen molar-refractivity contribution in [1.29, 1.82) is 0 Å². The summed E-state index contributed by atoms with van der Waals surface area (Å²) in [6.45, 7) is 3.62. The standard InChI is InChI=1S/C24H18Cl3N3O2S/c1-13-7-9-16(12-18(13)26)30-23(32)17-5-3-4-6-20(17)29-24(30)33-14(2)22(31)28-21-10-8-15(25)11-19(21)27/h3-12,14H,1-2H3,(H,28,31). The predicted molar refractivity (Wildman–Crippen MR) is 137 cm³/mol. The first-order chi connectivity index (χ1) is 15.7. The number of carbonyl (C=O) groups excluding carboxylic acids is 1. The van der Waals surface area contributed by atoms with E-state index in [2.05, 4.69) is 10.3 Å². The van der Waals surface area contributed by atoms with Crippen LogP contribution in [-0.2, 0) is 4.79 Å². The largest absolute Gasteiger partial charge is 0.324 e. The maximum absolute atomic E-state index is 13.4. The van der Waals surface area contributed by atoms with Gasteiger partial charge in [0.05, 0.1) is 32.6 Å². The molecule has 9 heteroatoms. The number of halogens is 3. The van der Waals surface area contributed by atoms with E-state index in [0.717, 1.165) is 5.56 Å². The van der Waals surface area contributed by atoms with Gasteiger partial charge in [-0.25, -0.2) is 4.98 Å². The summed E-state index contributed by atoms with van der Waals surface area (Å²) in [7, 11) is 0. The van der Waals surface area contributed by atoms with Crippen LogP contribution < -0.4 is 10.9 Å². The van der Waals surface area contributed by atoms with Gasteiger partial charge in [-0.2, -0.15) is 0 Å². The van der Waals surface area contributed by atoms with Crippen LogP contribution in [0.25, 0.3) is 16.6 Å². The number of amides is 1. The SMILES string of the molecule is Cc1ccc(-n2c(SC(C)C(=O)Nc3ccc(Cl)cc3Cl)nc3ccccc3c2=O)cc1Cl. The maximum atomic E-state index is 13.4. The number of anilines is 1. The minimum Gasteiger partial charge on any atom is -0.324 e. The number of aromatic nitrogens is 2. The number of nitrogens with one attached hydrogen (secondary N) is 1. The van der Waals surface area contributed by atoms with Gasteiger partial charge in [-0.3, -0.25) is 14.2 Å². The minimum absolute atomic E-state index is 0.239. The number of benzene rings is 3. The van der Waals surface area contributed by atoms with E-state index in [1.165, 1.54) is 16.3 Å². The van der Waals surface area contributed by atoms with Gasteiger partial charge in [0.1, 0.15) is 0 Å². The van der Waals surface area contributed by atoms with Crippen molar-refractivity contribution in [3.63, 3.8) is 0 Å². The van der Waals surface area contributed by atoms with Crippen LogP contribution in [0.15, 0.2) is 70.6 Å². The Hall–Kier alpha value is -2.51. The number of hydrogen-bond acceptors (Lipinski definition) is 4. The Morgan fingerprint density at radius 3 is 2.52 bits per heavy atom. The molecule has 1 N–H and O–H groups in total. The second-order valence-corrected chi connectivity index (χ2v) is 9.92. The molecule has 0 fully saturated rings. The summed E-state index contributed by atoms with van der Waals surface area (Å²) in [6.07, 6.45) is 0. The average Bonchev–Trinajstić information content (AvgIpc) is 2.78. The molecule has 33 heavy (non-hydrogen) atoms. The Kier molecular flexibility index (Phi) is 7.00. The number of para-hydroxylation sites is 1. The topological polar surface area (TPSA) is 64.0 Å². The summed E-state index contributed by atoms with van der Waals surface area (Å²) in [6, 6.07) is 17.3. The van der Waals surface area contributed by atoms with Crippen LogP contribution in [0.3, 0.4) is 0 Å². The van der Waals surface area contributed by atoms with Crippen molar-refractivity contribution >= 4 is 69.1 Å². The molecule has 0 saturated carbocycles. The second kappa shape index (κ2) is 9.77. The lowest BCUT2D eigenvalue weighted by atomic mass is 10.2. The molecule has 0 radical (unpaired) electrons. The molecule has 3 aromatic carbocycles. The number of hydrogen-bond donors (Lipinski definition) is 1. The molecule has 1 aromatic heterocycles. The zero-order valence-electron chi connectivity index (χ0n) is 17.6. The lowest BCUT2D eigenvalue weighted by molar-refractivity contribution is -0.115. The van der Waals surface area contributed by atoms with Crippen LogP contribution in [0, 0.1) is 6.92 Å². The highest BCUT2D eigenvalue weighted by Crippen LogP contribution is 2.29. The summed E-state index contributed by atoms with van der Waals surface area (Å²) in [5, 5.41) is 4.41. The third-order valence-electron chi connectivity index (χ3n) is 5.00. The van der Waals surface area contributed by atoms with E-state index in [4.69, 9.17) is 34.8 Å². The van der Waals surface area contributed by atoms with Gasteiger partial charge in [-0.15, -0.1) is 0 Å². The van der Waals surface area contributed by atoms with Crippen molar-refractivity contribution < 1.29 is 4.79 Å². The van der Waals surface area contributed by atoms with Crippen molar-refractivity contribution in [3.05, 3.63) is 91.6 Å². The van der Waals surface area contributed by atoms with Crippen LogP contribution in [0.4, 0.5) is 5.69 Å². The molecule has 168 valence electrons. The van der Waals surface area contributed by atoms with E-state index in [9.17, 15) is 9.59 Å². The molecule has 0 spiro atoms. The summed E-state index contributed by atoms with van der Waals surface area (Å²) < 4.78 is 1.48. The van der Waals surface area contributed by atoms with Gasteiger partial charge in [0.15, 0.2) is 5.16 Å². The van der Waals surface area contributed by atoms with E-state index in [1.54, 1.807) is 55.5 Å². The molecule has 1 unspecified atom stereocenters. The molecule has 1 heterocycles. The summed E-state index contributed by atoms with van der Waals surface area (Å²) >= 11 is 19.6. The van der Waals surface area contributed by atoms with E-state index >= 15 is 0 Å². The minimum atomic E-state index is -0.586. The van der Waals surface area contributed by atoms with Crippen molar-refractivity contribution in [2.75, 3.05) is 5.32 Å². The number of fused-ring (bicyclic) bond motifs is 1. The predicted octanol–water partition coefficient (Wildman–Crippen LogP) is 6.77. The van der Waals surface area contributed by atoms with Crippen molar-refractivity contribution in [2.45, 2.75) is 24.3 Å². The van der Waals surface area contributed by atoms with Crippen LogP contribution in [0.2, 0.25) is 15.1 Å². The van der Waals surface area contributed by atoms with Crippen molar-refractivity contribution in [1.82, 2.24) is 9.55 Å². The van der Waals surface area contributed by atoms with E-state index in [1.807, 2.05) is 19.1 Å². The summed E-state index contributed by atoms with van der Waals surface area (Å²) in [5.74, 6) is -0.292. The Morgan fingerprint density at radius 1 is 1.03 bits per heavy atom. The van der Waals surface area contributed by atoms with E-state index in [0.29, 0.717) is 42.5 Å². The summed E-state index contributed by atoms with van der Waals surface area (Å²) in [4.78, 5) is 31.0. The first-order valence-electron chi connectivity index (χ1n) is 9.95. The van der Waals surface area contributed by atoms with Gasteiger partial charge in [-0.05, 0) is 61.9 Å². The van der Waals surface area contributed by atoms with Gasteiger partial charge in [0.25, 0.3) is 5.56 Å². The number of aryl methyl sites for hydroxylation is 1. The molecule has 0 bridgehead atoms. The van der Waals surface area contributed by atoms with E-state index in [-0.39, 0.29) is 11.5 Å². The van der Waals surface area contributed by atoms with Crippen LogP contribution in [0.5, 0.6) is 0 Å². The highest BCUT2D eigenvalue weighted by molar-refractivity contribution is 8.00. The molecule has 0 aliphatic heterocycles. The molecule has 0 aliphatic rings. The van der Waals surface area contributed by atoms with Gasteiger partial charge < -0.3 is 5.32 Å². The number of carbonyl (C=O) groups is 1. The third-order valence-corrected chi connectivity index (χ3v) is 7.01. The Labute approximate surface area is 209 Å². The normalized spacial score (nSPS) is 12.0. The lowest BCUT2D eigenvalue weighted by Gasteiger charge is -2.17. The quantitative estimate of drug-likeness (QED) is 0.234. The van der Waals surface area contributed by atoms with Crippen molar-refractivity contribution in [2.24, 2.45) is 0 Å². The fraction of sp³-hybridized carbons (Fsp3) is 0.125. The number of nitrogens with zero attached hydrogens (tertiary/aromatic N) is 2. The van der Waals surface area contributed by atoms with Crippen LogP contribution >= 0.6 is 46.6 Å². The molecule has 0 aliphatic carbocycles. The van der Waals surface area contributed by atoms with Crippen LogP contribution in [-0.4, -0.2) is 20.7 Å². The first-order valence-corrected chi connectivity index (χ1v) is 12.0. The van der Waals surface area contributed by atoms with Crippen molar-refractivity contribution in [3.8, 4) is 5.69 Å². The van der Waals surface area contributed by atoms with Gasteiger partial charge >= 0.3 is 0 Å². The van der Waals surface area contributed by atoms with Gasteiger partial charge in [-0.1, -0.05) is 64.8 Å². The van der Waals surface area contributed by atoms with Crippen LogP contribution in [0.1, 0.15) is 12.5 Å². The zero-order chi connectivity index (χ0) is 23.7. The number of rotatable bonds is 5. The second-order valence-electron chi connectivity index (χ2n) is 7.36. The molecule has 4 rings (SSSR count). The zero-order valence-corrected chi connectivity index (χ0v) is 20.7. The summed E-state index contributed by atoms with van der Waals surface area (Å²) in [5.41, 5.74) is 2.23. The Bertz CT molecular complexity index is 1440. The fourth-order valence-electron chi connectivity index (χ4n) is 3.18. The molecule has 1 atom stereocenters. The molecule has 4 aromatic rings. The smallest absolute Gasteiger partial charge is 0.266 e.